The Balaban J connectivity index is 1.22. The molecule has 2 fully saturated rings. The van der Waals surface area contributed by atoms with E-state index in [0.29, 0.717) is 17.7 Å². The van der Waals surface area contributed by atoms with Gasteiger partial charge >= 0.3 is 0 Å². The lowest BCUT2D eigenvalue weighted by atomic mass is 9.88. The number of piperidine rings is 1. The average molecular weight is 348 g/mol. The van der Waals surface area contributed by atoms with E-state index in [1.54, 1.807) is 0 Å². The Kier molecular flexibility index (Phi) is 3.62. The number of aryl methyl sites for hydroxylation is 1. The molecule has 134 valence electrons. The van der Waals surface area contributed by atoms with E-state index in [-0.39, 0.29) is 5.92 Å². The molecule has 2 aromatic heterocycles. The number of aromatic amines is 1. The van der Waals surface area contributed by atoms with Gasteiger partial charge in [-0.25, -0.2) is 4.98 Å². The molecule has 1 amide bonds. The molecule has 2 atom stereocenters. The molecule has 1 aliphatic carbocycles. The molecule has 0 radical (unpaired) electrons. The summed E-state index contributed by atoms with van der Waals surface area (Å²) in [4.78, 5) is 22.4. The van der Waals surface area contributed by atoms with Crippen molar-refractivity contribution in [1.82, 2.24) is 19.4 Å². The van der Waals surface area contributed by atoms with Crippen LogP contribution in [0.4, 0.5) is 0 Å². The Morgan fingerprint density at radius 3 is 2.85 bits per heavy atom. The van der Waals surface area contributed by atoms with Crippen LogP contribution in [0.15, 0.2) is 43.0 Å². The van der Waals surface area contributed by atoms with Crippen LogP contribution in [0.3, 0.4) is 0 Å². The molecule has 5 heteroatoms. The summed E-state index contributed by atoms with van der Waals surface area (Å²) >= 11 is 0. The van der Waals surface area contributed by atoms with Crippen LogP contribution in [0.1, 0.15) is 42.4 Å². The van der Waals surface area contributed by atoms with Crippen LogP contribution in [-0.4, -0.2) is 38.4 Å². The van der Waals surface area contributed by atoms with Gasteiger partial charge in [0.25, 0.3) is 0 Å². The number of H-pyrrole nitrogens is 1. The number of hydrogen-bond acceptors (Lipinski definition) is 2. The van der Waals surface area contributed by atoms with Gasteiger partial charge in [-0.3, -0.25) is 4.79 Å². The van der Waals surface area contributed by atoms with E-state index in [1.165, 1.54) is 22.2 Å². The normalized spacial score (nSPS) is 23.5. The highest BCUT2D eigenvalue weighted by Crippen LogP contribution is 2.48. The summed E-state index contributed by atoms with van der Waals surface area (Å²) in [7, 11) is 2.01. The predicted molar refractivity (Wildman–Crippen MR) is 101 cm³/mol. The van der Waals surface area contributed by atoms with E-state index < -0.39 is 0 Å². The molecule has 5 rings (SSSR count). The topological polar surface area (TPSA) is 53.9 Å². The second-order valence-electron chi connectivity index (χ2n) is 7.80. The summed E-state index contributed by atoms with van der Waals surface area (Å²) in [6.45, 7) is 1.76. The zero-order chi connectivity index (χ0) is 17.7. The van der Waals surface area contributed by atoms with E-state index in [0.717, 1.165) is 32.4 Å². The molecular formula is C21H24N4O. The Bertz CT molecular complexity index is 948. The first-order valence-electron chi connectivity index (χ1n) is 9.53. The molecule has 0 spiro atoms. The number of nitrogens with one attached hydrogen (secondary N) is 1. The van der Waals surface area contributed by atoms with Crippen molar-refractivity contribution in [3.8, 4) is 0 Å². The Morgan fingerprint density at radius 2 is 2.08 bits per heavy atom. The predicted octanol–water partition coefficient (Wildman–Crippen LogP) is 3.41. The second-order valence-corrected chi connectivity index (χ2v) is 7.80. The minimum atomic E-state index is 0.165. The first-order chi connectivity index (χ1) is 12.7. The maximum absolute atomic E-state index is 12.9. The summed E-state index contributed by atoms with van der Waals surface area (Å²) in [6.07, 6.45) is 8.81. The van der Waals surface area contributed by atoms with Crippen LogP contribution in [0.25, 0.3) is 10.9 Å². The minimum absolute atomic E-state index is 0.165. The van der Waals surface area contributed by atoms with Gasteiger partial charge < -0.3 is 14.5 Å². The first-order valence-corrected chi connectivity index (χ1v) is 9.53. The van der Waals surface area contributed by atoms with E-state index in [4.69, 9.17) is 0 Å². The van der Waals surface area contributed by atoms with Crippen molar-refractivity contribution in [2.75, 3.05) is 13.1 Å². The lowest BCUT2D eigenvalue weighted by molar-refractivity contribution is -0.133. The summed E-state index contributed by atoms with van der Waals surface area (Å²) in [5, 5.41) is 1.28. The fourth-order valence-electron chi connectivity index (χ4n) is 4.51. The molecule has 0 unspecified atom stereocenters. The van der Waals surface area contributed by atoms with Crippen LogP contribution >= 0.6 is 0 Å². The highest BCUT2D eigenvalue weighted by atomic mass is 16.2. The van der Waals surface area contributed by atoms with Gasteiger partial charge in [-0.1, -0.05) is 6.07 Å². The van der Waals surface area contributed by atoms with Crippen molar-refractivity contribution >= 4 is 16.8 Å². The number of benzene rings is 1. The highest BCUT2D eigenvalue weighted by Gasteiger charge is 2.47. The number of carbonyl (C=O) groups is 1. The van der Waals surface area contributed by atoms with Gasteiger partial charge in [-0.2, -0.15) is 0 Å². The molecule has 5 nitrogen and oxygen atoms in total. The standard InChI is InChI=1S/C21H24N4O/c1-24-13-22-12-20(24)17-11-18(17)21(26)25-8-5-14(6-9-25)15-2-3-19-16(10-15)4-7-23-19/h2-4,7,10,12-14,17-18,23H,5-6,8-9,11H2,1H3/t17-,18-/m0/s1. The van der Waals surface area contributed by atoms with Crippen molar-refractivity contribution in [2.24, 2.45) is 13.0 Å². The fraction of sp³-hybridized carbons (Fsp3) is 0.429. The van der Waals surface area contributed by atoms with E-state index >= 15 is 0 Å². The molecule has 1 N–H and O–H groups in total. The van der Waals surface area contributed by atoms with Gasteiger partial charge in [-0.05, 0) is 54.3 Å². The zero-order valence-corrected chi connectivity index (χ0v) is 15.1. The quantitative estimate of drug-likeness (QED) is 0.788. The number of nitrogens with zero attached hydrogens (tertiary/aromatic N) is 3. The van der Waals surface area contributed by atoms with Crippen molar-refractivity contribution in [2.45, 2.75) is 31.1 Å². The summed E-state index contributed by atoms with van der Waals surface area (Å²) in [5.74, 6) is 1.43. The van der Waals surface area contributed by atoms with Crippen molar-refractivity contribution in [1.29, 1.82) is 0 Å². The number of fused-ring (bicyclic) bond motifs is 1. The van der Waals surface area contributed by atoms with Gasteiger partial charge in [0.1, 0.15) is 0 Å². The molecule has 1 aromatic carbocycles. The van der Waals surface area contributed by atoms with Crippen LogP contribution in [0.2, 0.25) is 0 Å². The molecular weight excluding hydrogens is 324 g/mol. The van der Waals surface area contributed by atoms with Gasteiger partial charge in [0.2, 0.25) is 5.91 Å². The molecule has 3 heterocycles. The van der Waals surface area contributed by atoms with Crippen LogP contribution in [0, 0.1) is 5.92 Å². The van der Waals surface area contributed by atoms with Crippen molar-refractivity contribution < 1.29 is 4.79 Å². The van der Waals surface area contributed by atoms with Crippen molar-refractivity contribution in [3.05, 3.63) is 54.2 Å². The third-order valence-corrected chi connectivity index (χ3v) is 6.20. The van der Waals surface area contributed by atoms with Crippen LogP contribution < -0.4 is 0 Å². The molecule has 26 heavy (non-hydrogen) atoms. The molecule has 0 bridgehead atoms. The third kappa shape index (κ3) is 2.62. The average Bonchev–Trinajstić information content (AvgIpc) is 3.10. The third-order valence-electron chi connectivity index (χ3n) is 6.20. The maximum atomic E-state index is 12.9. The molecule has 1 saturated heterocycles. The minimum Gasteiger partial charge on any atom is -0.361 e. The lowest BCUT2D eigenvalue weighted by Crippen LogP contribution is -2.39. The summed E-state index contributed by atoms with van der Waals surface area (Å²) < 4.78 is 2.04. The smallest absolute Gasteiger partial charge is 0.226 e. The van der Waals surface area contributed by atoms with Crippen LogP contribution in [-0.2, 0) is 11.8 Å². The Labute approximate surface area is 153 Å². The monoisotopic (exact) mass is 348 g/mol. The Hall–Kier alpha value is -2.56. The molecule has 1 aliphatic heterocycles. The SMILES string of the molecule is Cn1cncc1[C@H]1C[C@@H]1C(=O)N1CCC(c2ccc3[nH]ccc3c2)CC1. The van der Waals surface area contributed by atoms with E-state index in [2.05, 4.69) is 39.1 Å². The highest BCUT2D eigenvalue weighted by molar-refractivity contribution is 5.83. The number of rotatable bonds is 3. The maximum Gasteiger partial charge on any atom is 0.226 e. The van der Waals surface area contributed by atoms with E-state index in [1.807, 2.05) is 30.3 Å². The van der Waals surface area contributed by atoms with Gasteiger partial charge in [0, 0.05) is 55.6 Å². The van der Waals surface area contributed by atoms with E-state index in [9.17, 15) is 4.79 Å². The largest absolute Gasteiger partial charge is 0.361 e. The number of carbonyl (C=O) groups excluding carboxylic acids is 1. The molecule has 1 saturated carbocycles. The zero-order valence-electron chi connectivity index (χ0n) is 15.1. The lowest BCUT2D eigenvalue weighted by Gasteiger charge is -2.32. The fourth-order valence-corrected chi connectivity index (χ4v) is 4.51. The number of likely N-dealkylation sites (tertiary alicyclic amines) is 1. The molecule has 2 aliphatic rings. The van der Waals surface area contributed by atoms with Gasteiger partial charge in [0.15, 0.2) is 0 Å². The summed E-state index contributed by atoms with van der Waals surface area (Å²) in [5.41, 5.74) is 3.79. The number of aromatic nitrogens is 3. The van der Waals surface area contributed by atoms with Crippen LogP contribution in [0.5, 0.6) is 0 Å². The first kappa shape index (κ1) is 15.7. The molecule has 3 aromatic rings. The number of amides is 1. The second kappa shape index (κ2) is 6.01. The Morgan fingerprint density at radius 1 is 1.23 bits per heavy atom. The number of imidazole rings is 1. The van der Waals surface area contributed by atoms with Gasteiger partial charge in [-0.15, -0.1) is 0 Å². The van der Waals surface area contributed by atoms with Gasteiger partial charge in [0.05, 0.1) is 6.33 Å². The van der Waals surface area contributed by atoms with Crippen molar-refractivity contribution in [3.63, 3.8) is 0 Å². The number of hydrogen-bond donors (Lipinski definition) is 1. The summed E-state index contributed by atoms with van der Waals surface area (Å²) in [6, 6.07) is 8.83.